The van der Waals surface area contributed by atoms with Gasteiger partial charge in [-0.3, -0.25) is 25.8 Å². The number of aromatic nitrogens is 2. The highest BCUT2D eigenvalue weighted by Gasteiger charge is 2.30. The van der Waals surface area contributed by atoms with Crippen molar-refractivity contribution in [3.05, 3.63) is 50.2 Å². The van der Waals surface area contributed by atoms with Gasteiger partial charge in [-0.25, -0.2) is 9.97 Å². The van der Waals surface area contributed by atoms with Crippen LogP contribution in [-0.2, 0) is 0 Å². The standard InChI is InChI=1S/C18H21Cl2N7O3/c1-25-7-5-12(6-8-25)26(2)17-15(27(29)30)16(21-10-22-17)23-24-18(28)13-4-3-11(19)9-14(13)20/h3-4,9-10,12H,5-8H2,1-2H3,(H,24,28)(H,21,22,23). The third-order valence-electron chi connectivity index (χ3n) is 5.03. The molecule has 1 aromatic carbocycles. The van der Waals surface area contributed by atoms with Crippen LogP contribution in [0.15, 0.2) is 24.5 Å². The van der Waals surface area contributed by atoms with Crippen LogP contribution in [0.25, 0.3) is 0 Å². The van der Waals surface area contributed by atoms with Crippen LogP contribution >= 0.6 is 23.2 Å². The Hall–Kier alpha value is -2.69. The number of hydrazine groups is 1. The Bertz CT molecular complexity index is 951. The van der Waals surface area contributed by atoms with Gasteiger partial charge in [-0.2, -0.15) is 0 Å². The van der Waals surface area contributed by atoms with Gasteiger partial charge in [0, 0.05) is 18.1 Å². The molecule has 2 heterocycles. The molecule has 1 amide bonds. The molecule has 2 N–H and O–H groups in total. The van der Waals surface area contributed by atoms with Gasteiger partial charge in [-0.05, 0) is 51.2 Å². The molecule has 10 nitrogen and oxygen atoms in total. The summed E-state index contributed by atoms with van der Waals surface area (Å²) < 4.78 is 0. The van der Waals surface area contributed by atoms with Gasteiger partial charge in [-0.15, -0.1) is 0 Å². The summed E-state index contributed by atoms with van der Waals surface area (Å²) in [6.07, 6.45) is 2.95. The van der Waals surface area contributed by atoms with E-state index >= 15 is 0 Å². The molecule has 1 aliphatic heterocycles. The second kappa shape index (κ2) is 9.41. The smallest absolute Gasteiger partial charge is 0.351 e. The summed E-state index contributed by atoms with van der Waals surface area (Å²) in [7, 11) is 3.82. The van der Waals surface area contributed by atoms with Gasteiger partial charge in [0.2, 0.25) is 11.6 Å². The van der Waals surface area contributed by atoms with E-state index < -0.39 is 10.8 Å². The number of nitrogens with one attached hydrogen (secondary N) is 2. The maximum absolute atomic E-state index is 12.4. The third-order valence-corrected chi connectivity index (χ3v) is 5.57. The number of carbonyl (C=O) groups is 1. The predicted molar refractivity (Wildman–Crippen MR) is 115 cm³/mol. The Morgan fingerprint density at radius 1 is 1.30 bits per heavy atom. The highest BCUT2D eigenvalue weighted by Crippen LogP contribution is 2.33. The van der Waals surface area contributed by atoms with Crippen LogP contribution in [0, 0.1) is 10.1 Å². The lowest BCUT2D eigenvalue weighted by atomic mass is 10.0. The monoisotopic (exact) mass is 453 g/mol. The fourth-order valence-corrected chi connectivity index (χ4v) is 3.79. The number of hydrogen-bond acceptors (Lipinski definition) is 8. The number of nitrogens with zero attached hydrogens (tertiary/aromatic N) is 5. The summed E-state index contributed by atoms with van der Waals surface area (Å²) >= 11 is 11.9. The molecule has 0 bridgehead atoms. The van der Waals surface area contributed by atoms with Crippen molar-refractivity contribution in [3.63, 3.8) is 0 Å². The molecule has 0 atom stereocenters. The van der Waals surface area contributed by atoms with Crippen molar-refractivity contribution < 1.29 is 9.72 Å². The Morgan fingerprint density at radius 3 is 2.63 bits per heavy atom. The van der Waals surface area contributed by atoms with Crippen molar-refractivity contribution in [2.24, 2.45) is 0 Å². The van der Waals surface area contributed by atoms with Gasteiger partial charge in [0.25, 0.3) is 5.91 Å². The maximum atomic E-state index is 12.4. The average molecular weight is 454 g/mol. The molecule has 30 heavy (non-hydrogen) atoms. The minimum absolute atomic E-state index is 0.116. The zero-order valence-electron chi connectivity index (χ0n) is 16.4. The third kappa shape index (κ3) is 4.89. The van der Waals surface area contributed by atoms with Crippen molar-refractivity contribution in [2.45, 2.75) is 18.9 Å². The Labute approximate surface area is 183 Å². The fraction of sp³-hybridized carbons (Fsp3) is 0.389. The molecule has 0 spiro atoms. The second-order valence-corrected chi connectivity index (χ2v) is 7.84. The first kappa shape index (κ1) is 22.0. The number of nitro groups is 1. The lowest BCUT2D eigenvalue weighted by Gasteiger charge is -2.35. The zero-order chi connectivity index (χ0) is 21.8. The molecule has 1 fully saturated rings. The van der Waals surface area contributed by atoms with Crippen LogP contribution < -0.4 is 15.8 Å². The van der Waals surface area contributed by atoms with E-state index in [-0.39, 0.29) is 34.0 Å². The minimum Gasteiger partial charge on any atom is -0.351 e. The molecule has 160 valence electrons. The van der Waals surface area contributed by atoms with Crippen molar-refractivity contribution >= 4 is 46.4 Å². The summed E-state index contributed by atoms with van der Waals surface area (Å²) in [5.41, 5.74) is 4.75. The highest BCUT2D eigenvalue weighted by atomic mass is 35.5. The number of piperidine rings is 1. The van der Waals surface area contributed by atoms with Crippen LogP contribution in [0.5, 0.6) is 0 Å². The molecule has 1 aliphatic rings. The molecular weight excluding hydrogens is 433 g/mol. The van der Waals surface area contributed by atoms with Crippen LogP contribution in [0.2, 0.25) is 10.0 Å². The summed E-state index contributed by atoms with van der Waals surface area (Å²) in [5.74, 6) is -0.524. The van der Waals surface area contributed by atoms with E-state index in [0.29, 0.717) is 5.02 Å². The van der Waals surface area contributed by atoms with Crippen molar-refractivity contribution in [3.8, 4) is 0 Å². The first-order chi connectivity index (χ1) is 14.3. The van der Waals surface area contributed by atoms with Crippen LogP contribution in [0.1, 0.15) is 23.2 Å². The maximum Gasteiger partial charge on any atom is 0.355 e. The van der Waals surface area contributed by atoms with Gasteiger partial charge in [-0.1, -0.05) is 23.2 Å². The lowest BCUT2D eigenvalue weighted by molar-refractivity contribution is -0.383. The van der Waals surface area contributed by atoms with Gasteiger partial charge in [0.05, 0.1) is 15.5 Å². The zero-order valence-corrected chi connectivity index (χ0v) is 17.9. The number of hydrogen-bond donors (Lipinski definition) is 2. The molecule has 1 aromatic heterocycles. The van der Waals surface area contributed by atoms with Gasteiger partial charge in [0.15, 0.2) is 0 Å². The van der Waals surface area contributed by atoms with Crippen LogP contribution in [0.4, 0.5) is 17.3 Å². The SMILES string of the molecule is CN1CCC(N(C)c2ncnc(NNC(=O)c3ccc(Cl)cc3Cl)c2[N+](=O)[O-])CC1. The van der Waals surface area contributed by atoms with Crippen LogP contribution in [-0.4, -0.2) is 58.9 Å². The van der Waals surface area contributed by atoms with Crippen molar-refractivity contribution in [1.82, 2.24) is 20.3 Å². The van der Waals surface area contributed by atoms with Crippen molar-refractivity contribution in [1.29, 1.82) is 0 Å². The molecule has 0 unspecified atom stereocenters. The molecule has 0 radical (unpaired) electrons. The largest absolute Gasteiger partial charge is 0.355 e. The Kier molecular flexibility index (Phi) is 6.91. The predicted octanol–water partition coefficient (Wildman–Crippen LogP) is 2.98. The summed E-state index contributed by atoms with van der Waals surface area (Å²) in [6, 6.07) is 4.52. The number of likely N-dealkylation sites (tertiary alicyclic amines) is 1. The quantitative estimate of drug-likeness (QED) is 0.506. The van der Waals surface area contributed by atoms with E-state index in [9.17, 15) is 14.9 Å². The van der Waals surface area contributed by atoms with E-state index in [2.05, 4.69) is 25.7 Å². The molecule has 12 heteroatoms. The number of benzene rings is 1. The number of rotatable bonds is 6. The van der Waals surface area contributed by atoms with E-state index in [1.807, 2.05) is 7.05 Å². The fourth-order valence-electron chi connectivity index (χ4n) is 3.30. The number of anilines is 2. The first-order valence-corrected chi connectivity index (χ1v) is 9.95. The van der Waals surface area contributed by atoms with E-state index in [0.717, 1.165) is 25.9 Å². The van der Waals surface area contributed by atoms with E-state index in [1.165, 1.54) is 24.5 Å². The molecule has 0 saturated carbocycles. The van der Waals surface area contributed by atoms with Crippen molar-refractivity contribution in [2.75, 3.05) is 37.5 Å². The second-order valence-electron chi connectivity index (χ2n) is 7.00. The van der Waals surface area contributed by atoms with E-state index in [4.69, 9.17) is 23.2 Å². The number of carbonyl (C=O) groups excluding carboxylic acids is 1. The van der Waals surface area contributed by atoms with Gasteiger partial charge >= 0.3 is 5.69 Å². The van der Waals surface area contributed by atoms with Gasteiger partial charge < -0.3 is 9.80 Å². The number of halogens is 2. The van der Waals surface area contributed by atoms with Crippen LogP contribution in [0.3, 0.4) is 0 Å². The average Bonchev–Trinajstić information content (AvgIpc) is 2.71. The lowest BCUT2D eigenvalue weighted by Crippen LogP contribution is -2.42. The molecular formula is C18H21Cl2N7O3. The molecule has 2 aromatic rings. The highest BCUT2D eigenvalue weighted by molar-refractivity contribution is 6.36. The summed E-state index contributed by atoms with van der Waals surface area (Å²) in [5, 5.41) is 12.3. The topological polar surface area (TPSA) is 117 Å². The summed E-state index contributed by atoms with van der Waals surface area (Å²) in [6.45, 7) is 1.80. The Balaban J connectivity index is 1.80. The normalized spacial score (nSPS) is 14.9. The Morgan fingerprint density at radius 2 is 2.00 bits per heavy atom. The summed E-state index contributed by atoms with van der Waals surface area (Å²) in [4.78, 5) is 35.7. The number of amides is 1. The molecule has 1 saturated heterocycles. The van der Waals surface area contributed by atoms with Gasteiger partial charge in [0.1, 0.15) is 6.33 Å². The first-order valence-electron chi connectivity index (χ1n) is 9.20. The molecule has 3 rings (SSSR count). The van der Waals surface area contributed by atoms with E-state index in [1.54, 1.807) is 11.9 Å². The molecule has 0 aliphatic carbocycles. The minimum atomic E-state index is -0.588.